The Morgan fingerprint density at radius 3 is 3.06 bits per heavy atom. The van der Waals surface area contributed by atoms with E-state index in [1.807, 2.05) is 0 Å². The van der Waals surface area contributed by atoms with Gasteiger partial charge >= 0.3 is 0 Å². The maximum absolute atomic E-state index is 9.70. The monoisotopic (exact) mass is 273 g/mol. The van der Waals surface area contributed by atoms with E-state index in [-0.39, 0.29) is 11.3 Å². The molecule has 2 atom stereocenters. The molecule has 5 nitrogen and oxygen atoms in total. The van der Waals surface area contributed by atoms with Gasteiger partial charge in [-0.3, -0.25) is 0 Å². The number of aliphatic hydroxyl groups excluding tert-OH is 1. The first-order chi connectivity index (χ1) is 8.24. The lowest BCUT2D eigenvalue weighted by atomic mass is 10.2. The van der Waals surface area contributed by atoms with Gasteiger partial charge < -0.3 is 15.2 Å². The summed E-state index contributed by atoms with van der Waals surface area (Å²) in [4.78, 5) is 9.46. The molecule has 0 amide bonds. The first-order valence-electron chi connectivity index (χ1n) is 5.45. The van der Waals surface area contributed by atoms with Gasteiger partial charge in [0.1, 0.15) is 5.82 Å². The summed E-state index contributed by atoms with van der Waals surface area (Å²) in [5.74, 6) is 1.72. The fourth-order valence-corrected chi connectivity index (χ4v) is 3.23. The molecule has 2 N–H and O–H groups in total. The predicted octanol–water partition coefficient (Wildman–Crippen LogP) is 0.950. The van der Waals surface area contributed by atoms with Crippen molar-refractivity contribution < 1.29 is 9.84 Å². The smallest absolute Gasteiger partial charge is 0.224 e. The van der Waals surface area contributed by atoms with Crippen molar-refractivity contribution in [2.75, 3.05) is 24.3 Å². The molecule has 0 aromatic carbocycles. The van der Waals surface area contributed by atoms with Crippen LogP contribution in [0.1, 0.15) is 5.69 Å². The highest BCUT2D eigenvalue weighted by molar-refractivity contribution is 7.99. The summed E-state index contributed by atoms with van der Waals surface area (Å²) in [5, 5.41) is 13.1. The van der Waals surface area contributed by atoms with Gasteiger partial charge in [0.2, 0.25) is 5.28 Å². The molecule has 0 spiro atoms. The van der Waals surface area contributed by atoms with Crippen molar-refractivity contribution in [3.63, 3.8) is 0 Å². The number of hydrogen-bond acceptors (Lipinski definition) is 6. The number of fused-ring (bicyclic) bond motifs is 1. The summed E-state index contributed by atoms with van der Waals surface area (Å²) in [6.07, 6.45) is 0.423. The lowest BCUT2D eigenvalue weighted by Crippen LogP contribution is -2.32. The first-order valence-corrected chi connectivity index (χ1v) is 6.82. The molecule has 1 fully saturated rings. The van der Waals surface area contributed by atoms with E-state index in [2.05, 4.69) is 15.3 Å². The Morgan fingerprint density at radius 1 is 1.41 bits per heavy atom. The number of thioether (sulfide) groups is 1. The summed E-state index contributed by atoms with van der Waals surface area (Å²) in [6, 6.07) is -0.119. The van der Waals surface area contributed by atoms with Crippen LogP contribution in [0.4, 0.5) is 5.82 Å². The van der Waals surface area contributed by atoms with Crippen LogP contribution in [0.2, 0.25) is 5.28 Å². The lowest BCUT2D eigenvalue weighted by Gasteiger charge is -2.17. The van der Waals surface area contributed by atoms with E-state index in [0.717, 1.165) is 28.6 Å². The molecule has 7 heteroatoms. The van der Waals surface area contributed by atoms with Crippen LogP contribution in [0.15, 0.2) is 4.90 Å². The maximum Gasteiger partial charge on any atom is 0.224 e. The molecule has 0 aliphatic carbocycles. The average Bonchev–Trinajstić information content (AvgIpc) is 2.88. The minimum atomic E-state index is -0.495. The van der Waals surface area contributed by atoms with Gasteiger partial charge in [-0.15, -0.1) is 11.8 Å². The van der Waals surface area contributed by atoms with Gasteiger partial charge in [-0.2, -0.15) is 4.98 Å². The van der Waals surface area contributed by atoms with Crippen molar-refractivity contribution in [1.82, 2.24) is 9.97 Å². The molecule has 0 radical (unpaired) electrons. The van der Waals surface area contributed by atoms with Crippen molar-refractivity contribution in [3.05, 3.63) is 11.0 Å². The number of aliphatic hydroxyl groups is 1. The Balaban J connectivity index is 1.87. The van der Waals surface area contributed by atoms with E-state index in [0.29, 0.717) is 13.2 Å². The standard InChI is InChI=1S/C10H12ClN3O2S/c11-10-13-5-1-2-17-8(5)9(14-10)12-6-3-16-4-7(6)15/h6-7,15H,1-4H2,(H,12,13,14)/t6-,7-/m1/s1. The summed E-state index contributed by atoms with van der Waals surface area (Å²) >= 11 is 7.60. The van der Waals surface area contributed by atoms with E-state index < -0.39 is 6.10 Å². The number of halogens is 1. The molecule has 3 heterocycles. The number of aryl methyl sites for hydroxylation is 1. The number of nitrogens with zero attached hydrogens (tertiary/aromatic N) is 2. The third-order valence-electron chi connectivity index (χ3n) is 2.87. The molecule has 0 unspecified atom stereocenters. The third kappa shape index (κ3) is 2.22. The zero-order valence-electron chi connectivity index (χ0n) is 9.02. The van der Waals surface area contributed by atoms with Gasteiger partial charge in [-0.1, -0.05) is 0 Å². The number of hydrogen-bond donors (Lipinski definition) is 2. The number of nitrogens with one attached hydrogen (secondary N) is 1. The van der Waals surface area contributed by atoms with Crippen LogP contribution in [0, 0.1) is 0 Å². The fourth-order valence-electron chi connectivity index (χ4n) is 1.99. The van der Waals surface area contributed by atoms with Crippen LogP contribution in [-0.2, 0) is 11.2 Å². The largest absolute Gasteiger partial charge is 0.388 e. The van der Waals surface area contributed by atoms with Crippen molar-refractivity contribution in [2.24, 2.45) is 0 Å². The van der Waals surface area contributed by atoms with Gasteiger partial charge in [0.15, 0.2) is 0 Å². The van der Waals surface area contributed by atoms with E-state index in [9.17, 15) is 5.11 Å². The number of rotatable bonds is 2. The number of ether oxygens (including phenoxy) is 1. The quantitative estimate of drug-likeness (QED) is 0.782. The Kier molecular flexibility index (Phi) is 3.12. The SMILES string of the molecule is O[C@@H]1COC[C@H]1Nc1nc(Cl)nc2c1SCC2. The van der Waals surface area contributed by atoms with Crippen LogP contribution in [0.3, 0.4) is 0 Å². The highest BCUT2D eigenvalue weighted by Gasteiger charge is 2.28. The number of anilines is 1. The van der Waals surface area contributed by atoms with Crippen LogP contribution in [0.5, 0.6) is 0 Å². The third-order valence-corrected chi connectivity index (χ3v) is 4.16. The highest BCUT2D eigenvalue weighted by Crippen LogP contribution is 2.36. The molecule has 1 aromatic heterocycles. The van der Waals surface area contributed by atoms with Gasteiger partial charge in [0, 0.05) is 12.2 Å². The van der Waals surface area contributed by atoms with Crippen LogP contribution < -0.4 is 5.32 Å². The second kappa shape index (κ2) is 4.61. The molecule has 0 bridgehead atoms. The topological polar surface area (TPSA) is 67.3 Å². The summed E-state index contributed by atoms with van der Waals surface area (Å²) in [6.45, 7) is 0.855. The molecule has 1 saturated heterocycles. The van der Waals surface area contributed by atoms with Gasteiger partial charge in [-0.25, -0.2) is 4.98 Å². The highest BCUT2D eigenvalue weighted by atomic mass is 35.5. The molecule has 2 aliphatic rings. The average molecular weight is 274 g/mol. The van der Waals surface area contributed by atoms with Crippen LogP contribution in [0.25, 0.3) is 0 Å². The lowest BCUT2D eigenvalue weighted by molar-refractivity contribution is 0.125. The van der Waals surface area contributed by atoms with Crippen molar-refractivity contribution >= 4 is 29.2 Å². The van der Waals surface area contributed by atoms with E-state index >= 15 is 0 Å². The molecule has 17 heavy (non-hydrogen) atoms. The molecule has 1 aromatic rings. The van der Waals surface area contributed by atoms with E-state index in [4.69, 9.17) is 16.3 Å². The van der Waals surface area contributed by atoms with E-state index in [1.54, 1.807) is 11.8 Å². The first kappa shape index (κ1) is 11.5. The molecule has 3 rings (SSSR count). The van der Waals surface area contributed by atoms with Crippen LogP contribution >= 0.6 is 23.4 Å². The summed E-state index contributed by atoms with van der Waals surface area (Å²) < 4.78 is 5.20. The van der Waals surface area contributed by atoms with Gasteiger partial charge in [-0.05, 0) is 11.6 Å². The molecular weight excluding hydrogens is 262 g/mol. The molecule has 0 saturated carbocycles. The Hall–Kier alpha value is -0.560. The van der Waals surface area contributed by atoms with Gasteiger partial charge in [0.05, 0.1) is 35.9 Å². The minimum Gasteiger partial charge on any atom is -0.388 e. The Bertz CT molecular complexity index is 446. The maximum atomic E-state index is 9.70. The normalized spacial score (nSPS) is 27.2. The Labute approximate surface area is 108 Å². The zero-order chi connectivity index (χ0) is 11.8. The zero-order valence-corrected chi connectivity index (χ0v) is 10.6. The molecular formula is C10H12ClN3O2S. The Morgan fingerprint density at radius 2 is 2.29 bits per heavy atom. The second-order valence-corrected chi connectivity index (χ2v) is 5.51. The molecule has 92 valence electrons. The summed E-state index contributed by atoms with van der Waals surface area (Å²) in [5.41, 5.74) is 0.992. The van der Waals surface area contributed by atoms with Crippen molar-refractivity contribution in [3.8, 4) is 0 Å². The van der Waals surface area contributed by atoms with Crippen molar-refractivity contribution in [1.29, 1.82) is 0 Å². The molecule has 2 aliphatic heterocycles. The van der Waals surface area contributed by atoms with Crippen LogP contribution in [-0.4, -0.2) is 46.2 Å². The van der Waals surface area contributed by atoms with E-state index in [1.165, 1.54) is 0 Å². The fraction of sp³-hybridized carbons (Fsp3) is 0.600. The summed E-state index contributed by atoms with van der Waals surface area (Å²) in [7, 11) is 0. The predicted molar refractivity (Wildman–Crippen MR) is 65.7 cm³/mol. The van der Waals surface area contributed by atoms with Gasteiger partial charge in [0.25, 0.3) is 0 Å². The second-order valence-electron chi connectivity index (χ2n) is 4.07. The van der Waals surface area contributed by atoms with Crippen molar-refractivity contribution in [2.45, 2.75) is 23.5 Å². The minimum absolute atomic E-state index is 0.119. The number of aromatic nitrogens is 2.